The van der Waals surface area contributed by atoms with Crippen LogP contribution in [0.1, 0.15) is 31.4 Å². The molecular formula is C16H26N4O. The smallest absolute Gasteiger partial charge is 0.319 e. The highest BCUT2D eigenvalue weighted by Gasteiger charge is 2.18. The van der Waals surface area contributed by atoms with E-state index >= 15 is 0 Å². The number of amides is 2. The first-order chi connectivity index (χ1) is 10.1. The number of hydrogen-bond donors (Lipinski definition) is 3. The number of nitrogens with zero attached hydrogens (tertiary/aromatic N) is 1. The van der Waals surface area contributed by atoms with Gasteiger partial charge in [-0.2, -0.15) is 0 Å². The fourth-order valence-corrected chi connectivity index (χ4v) is 2.66. The van der Waals surface area contributed by atoms with Crippen LogP contribution in [0.15, 0.2) is 24.3 Å². The number of nitrogens with one attached hydrogen (secondary N) is 3. The highest BCUT2D eigenvalue weighted by atomic mass is 16.2. The van der Waals surface area contributed by atoms with Crippen LogP contribution < -0.4 is 16.0 Å². The molecule has 2 amide bonds. The number of likely N-dealkylation sites (N-methyl/N-ethyl adjacent to an activating group) is 1. The molecule has 0 spiro atoms. The van der Waals surface area contributed by atoms with E-state index in [9.17, 15) is 4.79 Å². The van der Waals surface area contributed by atoms with Crippen LogP contribution in [-0.2, 0) is 0 Å². The van der Waals surface area contributed by atoms with Crippen molar-refractivity contribution >= 4 is 11.7 Å². The zero-order chi connectivity index (χ0) is 15.2. The van der Waals surface area contributed by atoms with Crippen molar-refractivity contribution in [3.05, 3.63) is 29.8 Å². The largest absolute Gasteiger partial charge is 0.334 e. The second kappa shape index (κ2) is 7.43. The highest BCUT2D eigenvalue weighted by Crippen LogP contribution is 2.15. The van der Waals surface area contributed by atoms with E-state index in [1.807, 2.05) is 31.3 Å². The molecule has 1 aromatic rings. The number of urea groups is 1. The molecule has 5 nitrogen and oxygen atoms in total. The van der Waals surface area contributed by atoms with E-state index in [0.717, 1.165) is 31.6 Å². The average Bonchev–Trinajstić information content (AvgIpc) is 2.47. The third-order valence-electron chi connectivity index (χ3n) is 4.06. The van der Waals surface area contributed by atoms with E-state index in [2.05, 4.69) is 34.8 Å². The number of carbonyl (C=O) groups excluding carboxylic acids is 1. The van der Waals surface area contributed by atoms with Crippen molar-refractivity contribution in [2.24, 2.45) is 0 Å². The van der Waals surface area contributed by atoms with Gasteiger partial charge in [-0.05, 0) is 58.1 Å². The van der Waals surface area contributed by atoms with Crippen molar-refractivity contribution in [3.8, 4) is 0 Å². The molecular weight excluding hydrogens is 264 g/mol. The number of hydrogen-bond acceptors (Lipinski definition) is 3. The van der Waals surface area contributed by atoms with Crippen LogP contribution in [0.2, 0.25) is 0 Å². The normalized spacial score (nSPS) is 20.8. The molecule has 5 heteroatoms. The van der Waals surface area contributed by atoms with Crippen LogP contribution in [-0.4, -0.2) is 44.2 Å². The molecule has 2 atom stereocenters. The molecule has 1 aliphatic rings. The third kappa shape index (κ3) is 4.72. The van der Waals surface area contributed by atoms with Gasteiger partial charge < -0.3 is 20.9 Å². The van der Waals surface area contributed by atoms with Crippen molar-refractivity contribution in [1.82, 2.24) is 15.5 Å². The molecule has 2 unspecified atom stereocenters. The van der Waals surface area contributed by atoms with Gasteiger partial charge >= 0.3 is 6.03 Å². The van der Waals surface area contributed by atoms with Crippen molar-refractivity contribution in [3.63, 3.8) is 0 Å². The standard InChI is InChI=1S/C16H26N4O/c1-12(17-2)13-6-8-14(9-7-13)18-16(21)19-15-5-4-10-20(3)11-15/h6-9,12,15,17H,4-5,10-11H2,1-3H3,(H2,18,19,21). The van der Waals surface area contributed by atoms with Crippen molar-refractivity contribution in [1.29, 1.82) is 0 Å². The summed E-state index contributed by atoms with van der Waals surface area (Å²) in [4.78, 5) is 14.3. The summed E-state index contributed by atoms with van der Waals surface area (Å²) in [6.07, 6.45) is 2.19. The molecule has 3 N–H and O–H groups in total. The predicted molar refractivity (Wildman–Crippen MR) is 86.6 cm³/mol. The number of benzene rings is 1. The molecule has 1 heterocycles. The van der Waals surface area contributed by atoms with Gasteiger partial charge in [0, 0.05) is 24.3 Å². The van der Waals surface area contributed by atoms with Gasteiger partial charge in [0.1, 0.15) is 0 Å². The van der Waals surface area contributed by atoms with E-state index in [1.54, 1.807) is 0 Å². The van der Waals surface area contributed by atoms with Gasteiger partial charge in [-0.3, -0.25) is 0 Å². The summed E-state index contributed by atoms with van der Waals surface area (Å²) < 4.78 is 0. The first kappa shape index (κ1) is 15.8. The van der Waals surface area contributed by atoms with Gasteiger partial charge in [0.15, 0.2) is 0 Å². The van der Waals surface area contributed by atoms with E-state index in [1.165, 1.54) is 5.56 Å². The van der Waals surface area contributed by atoms with Gasteiger partial charge in [0.25, 0.3) is 0 Å². The Morgan fingerprint density at radius 2 is 2.05 bits per heavy atom. The molecule has 2 rings (SSSR count). The molecule has 1 aliphatic heterocycles. The molecule has 0 saturated carbocycles. The zero-order valence-corrected chi connectivity index (χ0v) is 13.1. The zero-order valence-electron chi connectivity index (χ0n) is 13.1. The van der Waals surface area contributed by atoms with E-state index in [-0.39, 0.29) is 12.1 Å². The summed E-state index contributed by atoms with van der Waals surface area (Å²) in [6.45, 7) is 4.14. The highest BCUT2D eigenvalue weighted by molar-refractivity contribution is 5.89. The van der Waals surface area contributed by atoms with Crippen LogP contribution in [0.3, 0.4) is 0 Å². The Kier molecular flexibility index (Phi) is 5.59. The number of piperidine rings is 1. The lowest BCUT2D eigenvalue weighted by Gasteiger charge is -2.30. The van der Waals surface area contributed by atoms with Gasteiger partial charge in [0.2, 0.25) is 0 Å². The van der Waals surface area contributed by atoms with Gasteiger partial charge in [-0.25, -0.2) is 4.79 Å². The monoisotopic (exact) mass is 290 g/mol. The Labute approximate surface area is 127 Å². The maximum absolute atomic E-state index is 12.0. The van der Waals surface area contributed by atoms with Crippen molar-refractivity contribution < 1.29 is 4.79 Å². The summed E-state index contributed by atoms with van der Waals surface area (Å²) in [5.74, 6) is 0. The van der Waals surface area contributed by atoms with Crippen LogP contribution >= 0.6 is 0 Å². The topological polar surface area (TPSA) is 56.4 Å². The lowest BCUT2D eigenvalue weighted by atomic mass is 10.1. The SMILES string of the molecule is CNC(C)c1ccc(NC(=O)NC2CCCN(C)C2)cc1. The molecule has 1 saturated heterocycles. The molecule has 0 bridgehead atoms. The van der Waals surface area contributed by atoms with Crippen LogP contribution in [0.5, 0.6) is 0 Å². The minimum absolute atomic E-state index is 0.121. The summed E-state index contributed by atoms with van der Waals surface area (Å²) in [6, 6.07) is 8.38. The van der Waals surface area contributed by atoms with Crippen LogP contribution in [0.4, 0.5) is 10.5 Å². The summed E-state index contributed by atoms with van der Waals surface area (Å²) in [5.41, 5.74) is 2.03. The average molecular weight is 290 g/mol. The predicted octanol–water partition coefficient (Wildman–Crippen LogP) is 2.18. The fraction of sp³-hybridized carbons (Fsp3) is 0.562. The Bertz CT molecular complexity index is 460. The first-order valence-electron chi connectivity index (χ1n) is 7.62. The lowest BCUT2D eigenvalue weighted by molar-refractivity contribution is 0.216. The molecule has 0 aliphatic carbocycles. The fourth-order valence-electron chi connectivity index (χ4n) is 2.66. The van der Waals surface area contributed by atoms with Gasteiger partial charge in [-0.15, -0.1) is 0 Å². The van der Waals surface area contributed by atoms with E-state index < -0.39 is 0 Å². The minimum Gasteiger partial charge on any atom is -0.334 e. The second-order valence-electron chi connectivity index (χ2n) is 5.83. The maximum Gasteiger partial charge on any atom is 0.319 e. The maximum atomic E-state index is 12.0. The first-order valence-corrected chi connectivity index (χ1v) is 7.62. The number of likely N-dealkylation sites (tertiary alicyclic amines) is 1. The second-order valence-corrected chi connectivity index (χ2v) is 5.83. The molecule has 1 aromatic carbocycles. The third-order valence-corrected chi connectivity index (χ3v) is 4.06. The van der Waals surface area contributed by atoms with Crippen molar-refractivity contribution in [2.45, 2.75) is 31.8 Å². The molecule has 116 valence electrons. The van der Waals surface area contributed by atoms with Gasteiger partial charge in [0.05, 0.1) is 0 Å². The van der Waals surface area contributed by atoms with Crippen LogP contribution in [0, 0.1) is 0 Å². The number of carbonyl (C=O) groups is 1. The quantitative estimate of drug-likeness (QED) is 0.796. The van der Waals surface area contributed by atoms with E-state index in [0.29, 0.717) is 6.04 Å². The minimum atomic E-state index is -0.121. The molecule has 1 fully saturated rings. The Morgan fingerprint density at radius 1 is 1.33 bits per heavy atom. The lowest BCUT2D eigenvalue weighted by Crippen LogP contribution is -2.47. The van der Waals surface area contributed by atoms with Crippen LogP contribution in [0.25, 0.3) is 0 Å². The summed E-state index contributed by atoms with van der Waals surface area (Å²) in [5, 5.41) is 9.14. The molecule has 0 aromatic heterocycles. The Balaban J connectivity index is 1.84. The van der Waals surface area contributed by atoms with Crippen molar-refractivity contribution in [2.75, 3.05) is 32.5 Å². The molecule has 21 heavy (non-hydrogen) atoms. The molecule has 0 radical (unpaired) electrons. The number of anilines is 1. The summed E-state index contributed by atoms with van der Waals surface area (Å²) in [7, 11) is 4.03. The van der Waals surface area contributed by atoms with Gasteiger partial charge in [-0.1, -0.05) is 12.1 Å². The Hall–Kier alpha value is -1.59. The number of rotatable bonds is 4. The Morgan fingerprint density at radius 3 is 2.67 bits per heavy atom. The van der Waals surface area contributed by atoms with E-state index in [4.69, 9.17) is 0 Å². The summed E-state index contributed by atoms with van der Waals surface area (Å²) >= 11 is 0.